The van der Waals surface area contributed by atoms with Gasteiger partial charge in [0.1, 0.15) is 0 Å². The van der Waals surface area contributed by atoms with Crippen molar-refractivity contribution >= 4 is 5.78 Å². The molecule has 2 atom stereocenters. The predicted octanol–water partition coefficient (Wildman–Crippen LogP) is 5.10. The van der Waals surface area contributed by atoms with Crippen molar-refractivity contribution in [1.29, 1.82) is 0 Å². The van der Waals surface area contributed by atoms with Crippen LogP contribution in [-0.2, 0) is 6.18 Å². The zero-order valence-electron chi connectivity index (χ0n) is 11.5. The van der Waals surface area contributed by atoms with Crippen LogP contribution in [0.4, 0.5) is 13.2 Å². The van der Waals surface area contributed by atoms with Crippen LogP contribution in [0.3, 0.4) is 0 Å². The van der Waals surface area contributed by atoms with E-state index in [0.717, 1.165) is 44.2 Å². The fourth-order valence-corrected chi connectivity index (χ4v) is 2.96. The Morgan fingerprint density at radius 3 is 2.40 bits per heavy atom. The molecule has 2 unspecified atom stereocenters. The first-order valence-electron chi connectivity index (χ1n) is 7.13. The van der Waals surface area contributed by atoms with Crippen LogP contribution in [-0.4, -0.2) is 5.78 Å². The maximum Gasteiger partial charge on any atom is 0.416 e. The van der Waals surface area contributed by atoms with Crippen molar-refractivity contribution in [1.82, 2.24) is 0 Å². The molecule has 110 valence electrons. The normalized spacial score (nSPS) is 23.6. The minimum absolute atomic E-state index is 0.00289. The van der Waals surface area contributed by atoms with E-state index in [1.165, 1.54) is 12.1 Å². The first-order valence-corrected chi connectivity index (χ1v) is 7.13. The second-order valence-corrected chi connectivity index (χ2v) is 5.58. The second-order valence-electron chi connectivity index (χ2n) is 5.58. The molecule has 0 aliphatic heterocycles. The van der Waals surface area contributed by atoms with Gasteiger partial charge in [-0.2, -0.15) is 13.2 Å². The molecule has 1 aromatic carbocycles. The van der Waals surface area contributed by atoms with Crippen LogP contribution in [0, 0.1) is 11.8 Å². The summed E-state index contributed by atoms with van der Waals surface area (Å²) >= 11 is 0. The van der Waals surface area contributed by atoms with Gasteiger partial charge in [-0.05, 0) is 30.9 Å². The predicted molar refractivity (Wildman–Crippen MR) is 71.5 cm³/mol. The summed E-state index contributed by atoms with van der Waals surface area (Å²) in [6.07, 6.45) is 0.645. The molecule has 1 nitrogen and oxygen atoms in total. The molecule has 0 bridgehead atoms. The summed E-state index contributed by atoms with van der Waals surface area (Å²) in [5, 5.41) is 0. The Labute approximate surface area is 117 Å². The second kappa shape index (κ2) is 5.98. The number of hydrogen-bond acceptors (Lipinski definition) is 1. The summed E-state index contributed by atoms with van der Waals surface area (Å²) in [4.78, 5) is 12.3. The number of benzene rings is 1. The Balaban J connectivity index is 2.09. The van der Waals surface area contributed by atoms with Crippen LogP contribution in [0.25, 0.3) is 0 Å². The highest BCUT2D eigenvalue weighted by molar-refractivity contribution is 5.97. The van der Waals surface area contributed by atoms with Crippen LogP contribution in [0.2, 0.25) is 0 Å². The Bertz CT molecular complexity index is 462. The maximum atomic E-state index is 12.5. The van der Waals surface area contributed by atoms with Gasteiger partial charge < -0.3 is 0 Å². The van der Waals surface area contributed by atoms with Gasteiger partial charge in [-0.15, -0.1) is 0 Å². The summed E-state index contributed by atoms with van der Waals surface area (Å²) in [7, 11) is 0. The lowest BCUT2D eigenvalue weighted by Gasteiger charge is -2.27. The lowest BCUT2D eigenvalue weighted by molar-refractivity contribution is -0.137. The molecule has 20 heavy (non-hydrogen) atoms. The minimum atomic E-state index is -4.35. The fraction of sp³-hybridized carbons (Fsp3) is 0.562. The van der Waals surface area contributed by atoms with Gasteiger partial charge in [0.05, 0.1) is 5.56 Å². The zero-order chi connectivity index (χ0) is 14.8. The van der Waals surface area contributed by atoms with E-state index < -0.39 is 11.7 Å². The summed E-state index contributed by atoms with van der Waals surface area (Å²) in [5.41, 5.74) is -0.302. The lowest BCUT2D eigenvalue weighted by atomic mass is 9.77. The van der Waals surface area contributed by atoms with E-state index in [2.05, 4.69) is 6.92 Å². The topological polar surface area (TPSA) is 17.1 Å². The van der Waals surface area contributed by atoms with E-state index >= 15 is 0 Å². The third-order valence-corrected chi connectivity index (χ3v) is 4.23. The highest BCUT2D eigenvalue weighted by Crippen LogP contribution is 2.34. The number of Topliss-reactive ketones (excluding diaryl/α,β-unsaturated/α-hetero) is 1. The Hall–Kier alpha value is -1.32. The monoisotopic (exact) mass is 284 g/mol. The molecular formula is C16H19F3O. The van der Waals surface area contributed by atoms with E-state index in [4.69, 9.17) is 0 Å². The number of hydrogen-bond donors (Lipinski definition) is 0. The van der Waals surface area contributed by atoms with Gasteiger partial charge in [0, 0.05) is 11.5 Å². The van der Waals surface area contributed by atoms with E-state index in [1.54, 1.807) is 0 Å². The van der Waals surface area contributed by atoms with Crippen molar-refractivity contribution in [3.8, 4) is 0 Å². The summed E-state index contributed by atoms with van der Waals surface area (Å²) < 4.78 is 37.5. The van der Waals surface area contributed by atoms with Gasteiger partial charge in [0.15, 0.2) is 5.78 Å². The molecule has 0 radical (unpaired) electrons. The molecule has 1 fully saturated rings. The average molecular weight is 284 g/mol. The third-order valence-electron chi connectivity index (χ3n) is 4.23. The fourth-order valence-electron chi connectivity index (χ4n) is 2.96. The van der Waals surface area contributed by atoms with Gasteiger partial charge in [-0.25, -0.2) is 0 Å². The summed E-state index contributed by atoms with van der Waals surface area (Å²) in [5.74, 6) is 0.550. The SMILES string of the molecule is CCC1CCCC(C(=O)c2ccc(C(F)(F)F)cc2)C1. The van der Waals surface area contributed by atoms with Gasteiger partial charge in [-0.1, -0.05) is 38.3 Å². The van der Waals surface area contributed by atoms with Crippen LogP contribution in [0.1, 0.15) is 54.9 Å². The maximum absolute atomic E-state index is 12.5. The average Bonchev–Trinajstić information content (AvgIpc) is 2.46. The molecule has 2 rings (SSSR count). The number of carbonyl (C=O) groups is 1. The van der Waals surface area contributed by atoms with E-state index in [1.807, 2.05) is 0 Å². The highest BCUT2D eigenvalue weighted by Gasteiger charge is 2.31. The van der Waals surface area contributed by atoms with Gasteiger partial charge >= 0.3 is 6.18 Å². The lowest BCUT2D eigenvalue weighted by Crippen LogP contribution is -2.23. The first-order chi connectivity index (χ1) is 9.41. The molecule has 1 aromatic rings. The number of halogens is 3. The summed E-state index contributed by atoms with van der Waals surface area (Å²) in [6, 6.07) is 4.60. The number of rotatable bonds is 3. The van der Waals surface area contributed by atoms with Gasteiger partial charge in [-0.3, -0.25) is 4.79 Å². The molecule has 1 saturated carbocycles. The Morgan fingerprint density at radius 2 is 1.85 bits per heavy atom. The van der Waals surface area contributed by atoms with Crippen molar-refractivity contribution in [2.45, 2.75) is 45.2 Å². The number of alkyl halides is 3. The molecule has 0 amide bonds. The number of ketones is 1. The van der Waals surface area contributed by atoms with Crippen LogP contribution < -0.4 is 0 Å². The van der Waals surface area contributed by atoms with Crippen LogP contribution in [0.15, 0.2) is 24.3 Å². The highest BCUT2D eigenvalue weighted by atomic mass is 19.4. The number of carbonyl (C=O) groups excluding carboxylic acids is 1. The van der Waals surface area contributed by atoms with E-state index in [-0.39, 0.29) is 11.7 Å². The quantitative estimate of drug-likeness (QED) is 0.705. The molecular weight excluding hydrogens is 265 g/mol. The molecule has 1 aliphatic carbocycles. The molecule has 0 aromatic heterocycles. The zero-order valence-corrected chi connectivity index (χ0v) is 11.5. The first kappa shape index (κ1) is 15.1. The minimum Gasteiger partial charge on any atom is -0.294 e. The molecule has 0 spiro atoms. The van der Waals surface area contributed by atoms with Crippen molar-refractivity contribution < 1.29 is 18.0 Å². The largest absolute Gasteiger partial charge is 0.416 e. The standard InChI is InChI=1S/C16H19F3O/c1-2-11-4-3-5-13(10-11)15(20)12-6-8-14(9-7-12)16(17,18)19/h6-9,11,13H,2-5,10H2,1H3. The van der Waals surface area contributed by atoms with Gasteiger partial charge in [0.25, 0.3) is 0 Å². The van der Waals surface area contributed by atoms with Crippen molar-refractivity contribution in [3.63, 3.8) is 0 Å². The van der Waals surface area contributed by atoms with Crippen molar-refractivity contribution in [2.75, 3.05) is 0 Å². The van der Waals surface area contributed by atoms with E-state index in [0.29, 0.717) is 11.5 Å². The Kier molecular flexibility index (Phi) is 4.51. The van der Waals surface area contributed by atoms with Gasteiger partial charge in [0.2, 0.25) is 0 Å². The molecule has 4 heteroatoms. The summed E-state index contributed by atoms with van der Waals surface area (Å²) in [6.45, 7) is 2.12. The van der Waals surface area contributed by atoms with Crippen LogP contribution >= 0.6 is 0 Å². The van der Waals surface area contributed by atoms with Crippen LogP contribution in [0.5, 0.6) is 0 Å². The molecule has 0 N–H and O–H groups in total. The third kappa shape index (κ3) is 3.41. The smallest absolute Gasteiger partial charge is 0.294 e. The Morgan fingerprint density at radius 1 is 1.20 bits per heavy atom. The molecule has 1 aliphatic rings. The van der Waals surface area contributed by atoms with Crippen molar-refractivity contribution in [3.05, 3.63) is 35.4 Å². The molecule has 0 heterocycles. The van der Waals surface area contributed by atoms with E-state index in [9.17, 15) is 18.0 Å². The van der Waals surface area contributed by atoms with Crippen molar-refractivity contribution in [2.24, 2.45) is 11.8 Å². The molecule has 0 saturated heterocycles.